The Morgan fingerprint density at radius 3 is 2.35 bits per heavy atom. The van der Waals surface area contributed by atoms with E-state index in [0.717, 1.165) is 0 Å². The van der Waals surface area contributed by atoms with E-state index in [1.165, 1.54) is 11.8 Å². The number of benzene rings is 1. The van der Waals surface area contributed by atoms with Crippen LogP contribution in [0.4, 0.5) is 0 Å². The van der Waals surface area contributed by atoms with Crippen LogP contribution in [0.15, 0.2) is 24.3 Å². The summed E-state index contributed by atoms with van der Waals surface area (Å²) in [5.74, 6) is 1.22. The molecule has 0 fully saturated rings. The summed E-state index contributed by atoms with van der Waals surface area (Å²) >= 11 is 1.34. The normalized spacial score (nSPS) is 12.0. The number of thioether (sulfide) groups is 1. The summed E-state index contributed by atoms with van der Waals surface area (Å²) in [5.41, 5.74) is 0.757. The number of hydrogen-bond acceptors (Lipinski definition) is 3. The van der Waals surface area contributed by atoms with E-state index < -0.39 is 0 Å². The molecule has 0 aliphatic carbocycles. The second-order valence-corrected chi connectivity index (χ2v) is 7.93. The predicted octanol–water partition coefficient (Wildman–Crippen LogP) is 5.03. The minimum Gasteiger partial charge on any atom is -0.492 e. The number of rotatable bonds is 6. The first kappa shape index (κ1) is 17.1. The molecule has 0 heterocycles. The van der Waals surface area contributed by atoms with Crippen LogP contribution in [0.2, 0.25) is 0 Å². The fraction of sp³-hybridized carbons (Fsp3) is 0.588. The van der Waals surface area contributed by atoms with Crippen LogP contribution in [-0.2, 0) is 0 Å². The van der Waals surface area contributed by atoms with Crippen molar-refractivity contribution in [2.24, 2.45) is 11.3 Å². The van der Waals surface area contributed by atoms with Gasteiger partial charge in [0.1, 0.15) is 5.75 Å². The molecule has 1 aromatic carbocycles. The number of carbonyl (C=O) groups excluding carboxylic acids is 1. The second kappa shape index (κ2) is 7.16. The van der Waals surface area contributed by atoms with E-state index in [1.807, 2.05) is 38.1 Å². The van der Waals surface area contributed by atoms with Crippen LogP contribution in [0.3, 0.4) is 0 Å². The maximum absolute atomic E-state index is 12.2. The van der Waals surface area contributed by atoms with Crippen LogP contribution >= 0.6 is 11.8 Å². The van der Waals surface area contributed by atoms with Crippen molar-refractivity contribution >= 4 is 16.9 Å². The van der Waals surface area contributed by atoms with Crippen molar-refractivity contribution in [2.45, 2.75) is 46.8 Å². The monoisotopic (exact) mass is 294 g/mol. The van der Waals surface area contributed by atoms with E-state index >= 15 is 0 Å². The van der Waals surface area contributed by atoms with Gasteiger partial charge in [0.25, 0.3) is 0 Å². The van der Waals surface area contributed by atoms with Gasteiger partial charge in [-0.25, -0.2) is 0 Å². The largest absolute Gasteiger partial charge is 0.492 e. The van der Waals surface area contributed by atoms with Gasteiger partial charge in [0.15, 0.2) is 0 Å². The molecule has 0 spiro atoms. The van der Waals surface area contributed by atoms with Gasteiger partial charge in [0.05, 0.1) is 12.2 Å². The summed E-state index contributed by atoms with van der Waals surface area (Å²) in [7, 11) is 0. The Morgan fingerprint density at radius 2 is 1.80 bits per heavy atom. The van der Waals surface area contributed by atoms with Crippen molar-refractivity contribution in [3.05, 3.63) is 29.8 Å². The van der Waals surface area contributed by atoms with Crippen LogP contribution < -0.4 is 4.74 Å². The van der Waals surface area contributed by atoms with Gasteiger partial charge in [0.2, 0.25) is 5.12 Å². The van der Waals surface area contributed by atoms with E-state index in [9.17, 15) is 4.79 Å². The molecule has 3 heteroatoms. The summed E-state index contributed by atoms with van der Waals surface area (Å²) in [6.07, 6.45) is 0. The number of hydrogen-bond donors (Lipinski definition) is 0. The third-order valence-corrected chi connectivity index (χ3v) is 4.52. The molecule has 0 N–H and O–H groups in total. The van der Waals surface area contributed by atoms with E-state index in [4.69, 9.17) is 4.74 Å². The van der Waals surface area contributed by atoms with Gasteiger partial charge in [-0.2, -0.15) is 0 Å². The van der Waals surface area contributed by atoms with Crippen LogP contribution in [0.1, 0.15) is 51.9 Å². The van der Waals surface area contributed by atoms with Crippen molar-refractivity contribution in [1.29, 1.82) is 0 Å². The fourth-order valence-corrected chi connectivity index (χ4v) is 2.19. The Kier molecular flexibility index (Phi) is 6.12. The third kappa shape index (κ3) is 4.86. The lowest BCUT2D eigenvalue weighted by Gasteiger charge is -2.29. The molecule has 0 atom stereocenters. The Bertz CT molecular complexity index is 450. The smallest absolute Gasteiger partial charge is 0.223 e. The minimum atomic E-state index is 0.0814. The van der Waals surface area contributed by atoms with E-state index in [0.29, 0.717) is 23.8 Å². The summed E-state index contributed by atoms with van der Waals surface area (Å²) in [6.45, 7) is 13.4. The molecule has 0 aromatic heterocycles. The fourth-order valence-electron chi connectivity index (χ4n) is 1.47. The Labute approximate surface area is 127 Å². The molecule has 0 saturated carbocycles. The van der Waals surface area contributed by atoms with Crippen molar-refractivity contribution < 1.29 is 9.53 Å². The Morgan fingerprint density at radius 1 is 1.20 bits per heavy atom. The highest BCUT2D eigenvalue weighted by Crippen LogP contribution is 2.30. The number of ether oxygens (including phenoxy) is 1. The van der Waals surface area contributed by atoms with Gasteiger partial charge in [-0.15, -0.1) is 0 Å². The standard InChI is InChI=1S/C17H26O2S/c1-12(2)17(5,6)11-19-15-10-8-7-9-14(15)16(18)20-13(3)4/h7-10,12-13H,11H2,1-6H3. The highest BCUT2D eigenvalue weighted by Gasteiger charge is 2.24. The van der Waals surface area contributed by atoms with Crippen LogP contribution in [-0.4, -0.2) is 17.0 Å². The topological polar surface area (TPSA) is 26.3 Å². The van der Waals surface area contributed by atoms with Gasteiger partial charge in [-0.05, 0) is 18.1 Å². The molecule has 20 heavy (non-hydrogen) atoms. The van der Waals surface area contributed by atoms with Crippen molar-refractivity contribution in [3.63, 3.8) is 0 Å². The van der Waals surface area contributed by atoms with Crippen molar-refractivity contribution in [1.82, 2.24) is 0 Å². The zero-order chi connectivity index (χ0) is 15.3. The molecule has 0 saturated heterocycles. The molecule has 0 aliphatic heterocycles. The van der Waals surface area contributed by atoms with E-state index in [2.05, 4.69) is 27.7 Å². The van der Waals surface area contributed by atoms with Gasteiger partial charge >= 0.3 is 0 Å². The number of para-hydroxylation sites is 1. The van der Waals surface area contributed by atoms with Crippen LogP contribution in [0.25, 0.3) is 0 Å². The molecule has 0 radical (unpaired) electrons. The van der Waals surface area contributed by atoms with E-state index in [1.54, 1.807) is 0 Å². The first-order valence-electron chi connectivity index (χ1n) is 7.17. The van der Waals surface area contributed by atoms with E-state index in [-0.39, 0.29) is 15.8 Å². The molecule has 0 amide bonds. The lowest BCUT2D eigenvalue weighted by molar-refractivity contribution is 0.107. The Hall–Kier alpha value is -0.960. The molecule has 0 aliphatic rings. The van der Waals surface area contributed by atoms with Crippen LogP contribution in [0, 0.1) is 11.3 Å². The Balaban J connectivity index is 2.83. The first-order chi connectivity index (χ1) is 9.24. The summed E-state index contributed by atoms with van der Waals surface area (Å²) in [4.78, 5) is 12.2. The predicted molar refractivity (Wildman–Crippen MR) is 87.6 cm³/mol. The summed E-state index contributed by atoms with van der Waals surface area (Å²) in [6, 6.07) is 7.52. The number of carbonyl (C=O) groups is 1. The quantitative estimate of drug-likeness (QED) is 0.736. The summed E-state index contributed by atoms with van der Waals surface area (Å²) in [5, 5.41) is 0.362. The highest BCUT2D eigenvalue weighted by molar-refractivity contribution is 8.14. The molecule has 1 rings (SSSR count). The molecular formula is C17H26O2S. The average Bonchev–Trinajstić information content (AvgIpc) is 2.35. The maximum atomic E-state index is 12.2. The second-order valence-electron chi connectivity index (χ2n) is 6.38. The van der Waals surface area contributed by atoms with Crippen molar-refractivity contribution in [2.75, 3.05) is 6.61 Å². The zero-order valence-corrected chi connectivity index (χ0v) is 14.2. The molecule has 2 nitrogen and oxygen atoms in total. The molecular weight excluding hydrogens is 268 g/mol. The highest BCUT2D eigenvalue weighted by atomic mass is 32.2. The summed E-state index contributed by atoms with van der Waals surface area (Å²) < 4.78 is 5.93. The average molecular weight is 294 g/mol. The van der Waals surface area contributed by atoms with Gasteiger partial charge < -0.3 is 4.74 Å². The molecule has 0 bridgehead atoms. The van der Waals surface area contributed by atoms with Gasteiger partial charge in [-0.3, -0.25) is 4.79 Å². The zero-order valence-electron chi connectivity index (χ0n) is 13.4. The first-order valence-corrected chi connectivity index (χ1v) is 8.05. The maximum Gasteiger partial charge on any atom is 0.223 e. The lowest BCUT2D eigenvalue weighted by Crippen LogP contribution is -2.27. The minimum absolute atomic E-state index is 0.0814. The SMILES string of the molecule is CC(C)SC(=O)c1ccccc1OCC(C)(C)C(C)C. The van der Waals surface area contributed by atoms with Gasteiger partial charge in [0, 0.05) is 10.7 Å². The third-order valence-electron chi connectivity index (χ3n) is 3.61. The lowest BCUT2D eigenvalue weighted by atomic mass is 9.82. The molecule has 112 valence electrons. The molecule has 1 aromatic rings. The van der Waals surface area contributed by atoms with Crippen molar-refractivity contribution in [3.8, 4) is 5.75 Å². The van der Waals surface area contributed by atoms with Gasteiger partial charge in [-0.1, -0.05) is 65.4 Å². The van der Waals surface area contributed by atoms with Crippen LogP contribution in [0.5, 0.6) is 5.75 Å². The molecule has 0 unspecified atom stereocenters.